The molecule has 0 atom stereocenters. The van der Waals surface area contributed by atoms with Gasteiger partial charge in [0.1, 0.15) is 16.6 Å². The average Bonchev–Trinajstić information content (AvgIpc) is 3.06. The second-order valence-electron chi connectivity index (χ2n) is 5.79. The lowest BCUT2D eigenvalue weighted by Crippen LogP contribution is -2.28. The maximum Gasteiger partial charge on any atom is 0.228 e. The molecule has 0 fully saturated rings. The molecule has 1 aromatic heterocycles. The van der Waals surface area contributed by atoms with E-state index >= 15 is 0 Å². The molecule has 7 heteroatoms. The van der Waals surface area contributed by atoms with E-state index in [1.54, 1.807) is 13.1 Å². The lowest BCUT2D eigenvalue weighted by atomic mass is 10.2. The van der Waals surface area contributed by atoms with E-state index in [-0.39, 0.29) is 24.4 Å². The number of carbonyl (C=O) groups is 1. The molecular weight excluding hydrogens is 378 g/mol. The van der Waals surface area contributed by atoms with Crippen molar-refractivity contribution in [2.24, 2.45) is 0 Å². The summed E-state index contributed by atoms with van der Waals surface area (Å²) in [5.41, 5.74) is 1.71. The Kier molecular flexibility index (Phi) is 5.64. The lowest BCUT2D eigenvalue weighted by Gasteiger charge is -2.17. The number of likely N-dealkylation sites (N-methyl/N-ethyl adjacent to an activating group) is 1. The highest BCUT2D eigenvalue weighted by molar-refractivity contribution is 7.13. The minimum atomic E-state index is -0.667. The molecule has 3 aromatic rings. The molecule has 0 aliphatic heterocycles. The van der Waals surface area contributed by atoms with Gasteiger partial charge in [0.15, 0.2) is 0 Å². The Morgan fingerprint density at radius 1 is 1.23 bits per heavy atom. The first-order valence-corrected chi connectivity index (χ1v) is 9.07. The van der Waals surface area contributed by atoms with Gasteiger partial charge in [-0.25, -0.2) is 13.8 Å². The monoisotopic (exact) mass is 392 g/mol. The number of benzene rings is 2. The number of halogens is 3. The van der Waals surface area contributed by atoms with E-state index < -0.39 is 11.6 Å². The predicted molar refractivity (Wildman–Crippen MR) is 99.1 cm³/mol. The number of hydrogen-bond acceptors (Lipinski definition) is 3. The van der Waals surface area contributed by atoms with Crippen LogP contribution < -0.4 is 0 Å². The quantitative estimate of drug-likeness (QED) is 0.616. The largest absolute Gasteiger partial charge is 0.341 e. The minimum absolute atomic E-state index is 0.0620. The fourth-order valence-corrected chi connectivity index (χ4v) is 3.57. The Morgan fingerprint density at radius 2 is 2.00 bits per heavy atom. The van der Waals surface area contributed by atoms with Gasteiger partial charge in [0.25, 0.3) is 0 Å². The molecule has 2 aromatic carbocycles. The van der Waals surface area contributed by atoms with Crippen molar-refractivity contribution in [3.05, 3.63) is 75.8 Å². The Bertz CT molecular complexity index is 945. The van der Waals surface area contributed by atoms with Gasteiger partial charge in [-0.05, 0) is 12.1 Å². The van der Waals surface area contributed by atoms with Crippen molar-refractivity contribution in [3.63, 3.8) is 0 Å². The minimum Gasteiger partial charge on any atom is -0.341 e. The number of carbonyl (C=O) groups excluding carboxylic acids is 1. The first kappa shape index (κ1) is 18.5. The van der Waals surface area contributed by atoms with Crippen LogP contribution in [-0.4, -0.2) is 22.8 Å². The normalized spacial score (nSPS) is 10.8. The molecular formula is C19H15ClF2N2OS. The van der Waals surface area contributed by atoms with Crippen LogP contribution in [0.2, 0.25) is 5.02 Å². The summed E-state index contributed by atoms with van der Waals surface area (Å²) in [5, 5.41) is 3.15. The number of aromatic nitrogens is 1. The molecule has 0 aliphatic carbocycles. The van der Waals surface area contributed by atoms with Gasteiger partial charge in [0, 0.05) is 36.2 Å². The fraction of sp³-hybridized carbons (Fsp3) is 0.158. The summed E-state index contributed by atoms with van der Waals surface area (Å²) < 4.78 is 26.7. The zero-order valence-electron chi connectivity index (χ0n) is 13.9. The number of hydrogen-bond donors (Lipinski definition) is 0. The predicted octanol–water partition coefficient (Wildman–Crippen LogP) is 4.94. The molecule has 1 heterocycles. The van der Waals surface area contributed by atoms with E-state index in [9.17, 15) is 13.6 Å². The van der Waals surface area contributed by atoms with Crippen LogP contribution in [-0.2, 0) is 17.8 Å². The standard InChI is InChI=1S/C19H15ClF2N2OS/c1-24(10-12-6-7-13(21)8-17(12)22)18(25)9-14-11-26-19(23-14)15-4-2-3-5-16(15)20/h2-8,11H,9-10H2,1H3. The summed E-state index contributed by atoms with van der Waals surface area (Å²) in [6.07, 6.45) is 0.0975. The second-order valence-corrected chi connectivity index (χ2v) is 7.05. The first-order valence-electron chi connectivity index (χ1n) is 7.81. The van der Waals surface area contributed by atoms with Crippen LogP contribution in [0.1, 0.15) is 11.3 Å². The molecule has 0 saturated carbocycles. The van der Waals surface area contributed by atoms with Crippen molar-refractivity contribution < 1.29 is 13.6 Å². The van der Waals surface area contributed by atoms with Crippen molar-refractivity contribution >= 4 is 28.8 Å². The summed E-state index contributed by atoms with van der Waals surface area (Å²) in [6, 6.07) is 10.7. The molecule has 26 heavy (non-hydrogen) atoms. The van der Waals surface area contributed by atoms with Gasteiger partial charge < -0.3 is 4.90 Å². The van der Waals surface area contributed by atoms with E-state index in [0.717, 1.165) is 16.6 Å². The number of thiazole rings is 1. The van der Waals surface area contributed by atoms with E-state index in [1.807, 2.05) is 23.6 Å². The Hall–Kier alpha value is -2.31. The van der Waals surface area contributed by atoms with Crippen molar-refractivity contribution in [3.8, 4) is 10.6 Å². The summed E-state index contributed by atoms with van der Waals surface area (Å²) in [4.78, 5) is 18.2. The van der Waals surface area contributed by atoms with Crippen LogP contribution in [0, 0.1) is 11.6 Å². The van der Waals surface area contributed by atoms with Crippen molar-refractivity contribution in [2.75, 3.05) is 7.05 Å². The van der Waals surface area contributed by atoms with Crippen molar-refractivity contribution in [1.82, 2.24) is 9.88 Å². The van der Waals surface area contributed by atoms with Crippen LogP contribution >= 0.6 is 22.9 Å². The molecule has 0 spiro atoms. The maximum absolute atomic E-state index is 13.7. The lowest BCUT2D eigenvalue weighted by molar-refractivity contribution is -0.129. The maximum atomic E-state index is 13.7. The van der Waals surface area contributed by atoms with Crippen LogP contribution in [0.5, 0.6) is 0 Å². The van der Waals surface area contributed by atoms with Gasteiger partial charge in [-0.3, -0.25) is 4.79 Å². The number of amides is 1. The molecule has 0 radical (unpaired) electrons. The molecule has 3 nitrogen and oxygen atoms in total. The van der Waals surface area contributed by atoms with Crippen LogP contribution in [0.15, 0.2) is 47.8 Å². The van der Waals surface area contributed by atoms with E-state index in [1.165, 1.54) is 28.4 Å². The number of nitrogens with zero attached hydrogens (tertiary/aromatic N) is 2. The molecule has 0 saturated heterocycles. The molecule has 3 rings (SSSR count). The third kappa shape index (κ3) is 4.26. The van der Waals surface area contributed by atoms with E-state index in [0.29, 0.717) is 10.7 Å². The van der Waals surface area contributed by atoms with Crippen molar-refractivity contribution in [2.45, 2.75) is 13.0 Å². The molecule has 0 bridgehead atoms. The van der Waals surface area contributed by atoms with Crippen molar-refractivity contribution in [1.29, 1.82) is 0 Å². The SMILES string of the molecule is CN(Cc1ccc(F)cc1F)C(=O)Cc1csc(-c2ccccc2Cl)n1. The van der Waals surface area contributed by atoms with Gasteiger partial charge in [0.2, 0.25) is 5.91 Å². The van der Waals surface area contributed by atoms with Gasteiger partial charge in [-0.15, -0.1) is 11.3 Å². The zero-order valence-corrected chi connectivity index (χ0v) is 15.5. The molecule has 0 N–H and O–H groups in total. The fourth-order valence-electron chi connectivity index (χ4n) is 2.43. The zero-order chi connectivity index (χ0) is 18.7. The highest BCUT2D eigenvalue weighted by Gasteiger charge is 2.15. The van der Waals surface area contributed by atoms with E-state index in [4.69, 9.17) is 11.6 Å². The van der Waals surface area contributed by atoms with Crippen LogP contribution in [0.25, 0.3) is 10.6 Å². The average molecular weight is 393 g/mol. The molecule has 0 aliphatic rings. The Balaban J connectivity index is 1.67. The molecule has 134 valence electrons. The summed E-state index contributed by atoms with van der Waals surface area (Å²) in [5.74, 6) is -1.51. The third-order valence-electron chi connectivity index (χ3n) is 3.84. The van der Waals surface area contributed by atoms with Gasteiger partial charge in [-0.2, -0.15) is 0 Å². The second kappa shape index (κ2) is 7.93. The van der Waals surface area contributed by atoms with Crippen LogP contribution in [0.3, 0.4) is 0 Å². The van der Waals surface area contributed by atoms with Gasteiger partial charge >= 0.3 is 0 Å². The molecule has 0 unspecified atom stereocenters. The number of rotatable bonds is 5. The highest BCUT2D eigenvalue weighted by Crippen LogP contribution is 2.30. The van der Waals surface area contributed by atoms with Crippen LogP contribution in [0.4, 0.5) is 8.78 Å². The highest BCUT2D eigenvalue weighted by atomic mass is 35.5. The third-order valence-corrected chi connectivity index (χ3v) is 5.09. The van der Waals surface area contributed by atoms with E-state index in [2.05, 4.69) is 4.98 Å². The summed E-state index contributed by atoms with van der Waals surface area (Å²) >= 11 is 7.58. The Morgan fingerprint density at radius 3 is 2.73 bits per heavy atom. The summed E-state index contributed by atoms with van der Waals surface area (Å²) in [7, 11) is 1.58. The van der Waals surface area contributed by atoms with Gasteiger partial charge in [0.05, 0.1) is 17.1 Å². The Labute approximate surface area is 158 Å². The van der Waals surface area contributed by atoms with Gasteiger partial charge in [-0.1, -0.05) is 35.9 Å². The topological polar surface area (TPSA) is 33.2 Å². The smallest absolute Gasteiger partial charge is 0.228 e. The molecule has 1 amide bonds. The first-order chi connectivity index (χ1) is 12.4. The summed E-state index contributed by atoms with van der Waals surface area (Å²) in [6.45, 7) is 0.0620.